The highest BCUT2D eigenvalue weighted by molar-refractivity contribution is 6.31. The number of carbonyl (C=O) groups excluding carboxylic acids is 2. The van der Waals surface area contributed by atoms with Crippen molar-refractivity contribution in [3.63, 3.8) is 0 Å². The summed E-state index contributed by atoms with van der Waals surface area (Å²) in [5.41, 5.74) is -2.31. The van der Waals surface area contributed by atoms with E-state index < -0.39 is 45.3 Å². The summed E-state index contributed by atoms with van der Waals surface area (Å²) in [5, 5.41) is 3.64. The van der Waals surface area contributed by atoms with Crippen LogP contribution in [0.4, 0.5) is 37.7 Å². The molecule has 0 heterocycles. The van der Waals surface area contributed by atoms with Gasteiger partial charge in [-0.1, -0.05) is 23.2 Å². The van der Waals surface area contributed by atoms with Crippen LogP contribution in [-0.2, 0) is 21.9 Å². The van der Waals surface area contributed by atoms with Crippen LogP contribution >= 0.6 is 23.2 Å². The summed E-state index contributed by atoms with van der Waals surface area (Å²) in [7, 11) is 0. The van der Waals surface area contributed by atoms with Gasteiger partial charge in [-0.3, -0.25) is 9.59 Å². The van der Waals surface area contributed by atoms with Crippen molar-refractivity contribution in [2.75, 3.05) is 10.6 Å². The van der Waals surface area contributed by atoms with E-state index in [-0.39, 0.29) is 37.1 Å². The third-order valence-electron chi connectivity index (χ3n) is 4.17. The molecule has 2 amide bonds. The van der Waals surface area contributed by atoms with Crippen molar-refractivity contribution in [3.05, 3.63) is 57.6 Å². The third kappa shape index (κ3) is 7.59. The highest BCUT2D eigenvalue weighted by atomic mass is 35.5. The summed E-state index contributed by atoms with van der Waals surface area (Å²) < 4.78 is 77.1. The summed E-state index contributed by atoms with van der Waals surface area (Å²) in [5.74, 6) is -1.12. The van der Waals surface area contributed by atoms with Gasteiger partial charge in [-0.05, 0) is 49.2 Å². The molecular formula is C20H16Cl2F6N2O2. The number of unbranched alkanes of at least 4 members (excludes halogenated alkanes) is 1. The van der Waals surface area contributed by atoms with Gasteiger partial charge in [0.15, 0.2) is 0 Å². The number of alkyl halides is 6. The molecule has 0 fully saturated rings. The Hall–Kier alpha value is -2.46. The maximum absolute atomic E-state index is 12.8. The Kier molecular flexibility index (Phi) is 8.41. The summed E-state index contributed by atoms with van der Waals surface area (Å²) in [6.45, 7) is 0. The fourth-order valence-corrected chi connectivity index (χ4v) is 3.11. The molecule has 2 aromatic rings. The topological polar surface area (TPSA) is 58.2 Å². The second-order valence-electron chi connectivity index (χ2n) is 6.69. The molecule has 2 aromatic carbocycles. The lowest BCUT2D eigenvalue weighted by atomic mass is 10.1. The second-order valence-corrected chi connectivity index (χ2v) is 7.50. The lowest BCUT2D eigenvalue weighted by Crippen LogP contribution is -2.14. The number of benzene rings is 2. The molecule has 0 saturated carbocycles. The largest absolute Gasteiger partial charge is 0.417 e. The molecule has 0 radical (unpaired) electrons. The van der Waals surface area contributed by atoms with Crippen LogP contribution in [0.1, 0.15) is 36.8 Å². The van der Waals surface area contributed by atoms with Crippen LogP contribution in [0.5, 0.6) is 0 Å². The van der Waals surface area contributed by atoms with Gasteiger partial charge in [0.05, 0.1) is 21.2 Å². The first kappa shape index (κ1) is 25.8. The van der Waals surface area contributed by atoms with E-state index in [0.29, 0.717) is 0 Å². The van der Waals surface area contributed by atoms with Gasteiger partial charge in [0.25, 0.3) is 0 Å². The Balaban J connectivity index is 1.80. The molecule has 174 valence electrons. The highest BCUT2D eigenvalue weighted by Gasteiger charge is 2.34. The quantitative estimate of drug-likeness (QED) is 0.312. The van der Waals surface area contributed by atoms with Crippen LogP contribution in [0.25, 0.3) is 0 Å². The molecule has 2 rings (SSSR count). The maximum atomic E-state index is 12.8. The molecule has 0 aliphatic rings. The fraction of sp³-hybridized carbons (Fsp3) is 0.300. The van der Waals surface area contributed by atoms with Crippen molar-refractivity contribution < 1.29 is 35.9 Å². The molecule has 4 nitrogen and oxygen atoms in total. The summed E-state index contributed by atoms with van der Waals surface area (Å²) >= 11 is 11.0. The first-order valence-electron chi connectivity index (χ1n) is 9.10. The summed E-state index contributed by atoms with van der Waals surface area (Å²) in [4.78, 5) is 23.8. The van der Waals surface area contributed by atoms with E-state index in [2.05, 4.69) is 10.6 Å². The molecular weight excluding hydrogens is 485 g/mol. The lowest BCUT2D eigenvalue weighted by Gasteiger charge is -2.12. The zero-order valence-electron chi connectivity index (χ0n) is 16.1. The van der Waals surface area contributed by atoms with Gasteiger partial charge >= 0.3 is 12.4 Å². The van der Waals surface area contributed by atoms with Gasteiger partial charge in [0.2, 0.25) is 11.8 Å². The van der Waals surface area contributed by atoms with E-state index in [9.17, 15) is 35.9 Å². The highest BCUT2D eigenvalue weighted by Crippen LogP contribution is 2.37. The van der Waals surface area contributed by atoms with Crippen molar-refractivity contribution >= 4 is 46.4 Å². The van der Waals surface area contributed by atoms with Gasteiger partial charge in [-0.2, -0.15) is 26.3 Å². The minimum atomic E-state index is -4.67. The first-order chi connectivity index (χ1) is 14.8. The van der Waals surface area contributed by atoms with E-state index >= 15 is 0 Å². The van der Waals surface area contributed by atoms with E-state index in [1.165, 1.54) is 12.1 Å². The molecule has 0 saturated heterocycles. The molecule has 0 atom stereocenters. The molecule has 0 aromatic heterocycles. The predicted octanol–water partition coefficient (Wildman–Crippen LogP) is 7.17. The van der Waals surface area contributed by atoms with Crippen molar-refractivity contribution in [3.8, 4) is 0 Å². The third-order valence-corrected chi connectivity index (χ3v) is 4.83. The fourth-order valence-electron chi connectivity index (χ4n) is 2.66. The number of hydrogen-bond acceptors (Lipinski definition) is 2. The maximum Gasteiger partial charge on any atom is 0.417 e. The van der Waals surface area contributed by atoms with Crippen LogP contribution in [0.15, 0.2) is 36.4 Å². The number of halogens is 8. The minimum Gasteiger partial charge on any atom is -0.326 e. The molecule has 0 bridgehead atoms. The Morgan fingerprint density at radius 3 is 1.34 bits per heavy atom. The number of hydrogen-bond donors (Lipinski definition) is 2. The van der Waals surface area contributed by atoms with Crippen molar-refractivity contribution in [1.82, 2.24) is 0 Å². The lowest BCUT2D eigenvalue weighted by molar-refractivity contribution is -0.138. The van der Waals surface area contributed by atoms with Gasteiger partial charge in [0.1, 0.15) is 0 Å². The number of nitrogens with one attached hydrogen (secondary N) is 2. The average Bonchev–Trinajstić information content (AvgIpc) is 2.66. The molecule has 0 aliphatic carbocycles. The van der Waals surface area contributed by atoms with E-state index in [4.69, 9.17) is 23.2 Å². The molecule has 32 heavy (non-hydrogen) atoms. The zero-order valence-corrected chi connectivity index (χ0v) is 17.6. The Morgan fingerprint density at radius 2 is 1.03 bits per heavy atom. The standard InChI is InChI=1S/C20H16Cl2F6N2O2/c21-15-7-5-11(9-13(15)19(23,24)25)29-17(31)3-1-2-4-18(32)30-12-6-8-16(22)14(10-12)20(26,27)28/h5-10H,1-4H2,(H,29,31)(H,30,32). The molecule has 2 N–H and O–H groups in total. The van der Waals surface area contributed by atoms with Crippen LogP contribution in [0.2, 0.25) is 10.0 Å². The molecule has 0 spiro atoms. The van der Waals surface area contributed by atoms with E-state index in [1.807, 2.05) is 0 Å². The molecule has 12 heteroatoms. The zero-order chi connectivity index (χ0) is 24.1. The monoisotopic (exact) mass is 500 g/mol. The number of carbonyl (C=O) groups is 2. The Bertz CT molecular complexity index is 914. The first-order valence-corrected chi connectivity index (χ1v) is 9.86. The normalized spacial score (nSPS) is 11.9. The predicted molar refractivity (Wildman–Crippen MR) is 109 cm³/mol. The van der Waals surface area contributed by atoms with Crippen LogP contribution in [0, 0.1) is 0 Å². The summed E-state index contributed by atoms with van der Waals surface area (Å²) in [6, 6.07) is 5.93. The van der Waals surface area contributed by atoms with Gasteiger partial charge in [-0.15, -0.1) is 0 Å². The van der Waals surface area contributed by atoms with Gasteiger partial charge < -0.3 is 10.6 Å². The van der Waals surface area contributed by atoms with Crippen LogP contribution in [-0.4, -0.2) is 11.8 Å². The van der Waals surface area contributed by atoms with Crippen molar-refractivity contribution in [1.29, 1.82) is 0 Å². The number of rotatable bonds is 7. The van der Waals surface area contributed by atoms with Crippen LogP contribution < -0.4 is 10.6 Å². The minimum absolute atomic E-state index is 0.0730. The van der Waals surface area contributed by atoms with Gasteiger partial charge in [-0.25, -0.2) is 0 Å². The van der Waals surface area contributed by atoms with Crippen molar-refractivity contribution in [2.45, 2.75) is 38.0 Å². The molecule has 0 unspecified atom stereocenters. The number of amides is 2. The number of anilines is 2. The molecule has 0 aliphatic heterocycles. The Labute approximate surface area is 188 Å². The van der Waals surface area contributed by atoms with E-state index in [1.54, 1.807) is 0 Å². The van der Waals surface area contributed by atoms with Gasteiger partial charge in [0, 0.05) is 24.2 Å². The smallest absolute Gasteiger partial charge is 0.326 e. The second kappa shape index (κ2) is 10.4. The summed E-state index contributed by atoms with van der Waals surface area (Å²) in [6.07, 6.45) is -9.03. The van der Waals surface area contributed by atoms with Crippen molar-refractivity contribution in [2.24, 2.45) is 0 Å². The average molecular weight is 501 g/mol. The van der Waals surface area contributed by atoms with Crippen LogP contribution in [0.3, 0.4) is 0 Å². The SMILES string of the molecule is O=C(CCCCC(=O)Nc1ccc(Cl)c(C(F)(F)F)c1)Nc1ccc(Cl)c(C(F)(F)F)c1. The Morgan fingerprint density at radius 1 is 0.688 bits per heavy atom. The van der Waals surface area contributed by atoms with E-state index in [0.717, 1.165) is 24.3 Å².